The molecule has 2 aromatic carbocycles. The van der Waals surface area contributed by atoms with E-state index >= 15 is 0 Å². The Morgan fingerprint density at radius 2 is 1.93 bits per heavy atom. The summed E-state index contributed by atoms with van der Waals surface area (Å²) in [5, 5.41) is 11.9. The van der Waals surface area contributed by atoms with E-state index in [4.69, 9.17) is 25.5 Å². The van der Waals surface area contributed by atoms with Crippen LogP contribution in [0.3, 0.4) is 0 Å². The minimum absolute atomic E-state index is 0.212. The molecule has 2 atom stereocenters. The van der Waals surface area contributed by atoms with E-state index in [2.05, 4.69) is 0 Å². The number of halogens is 1. The predicted molar refractivity (Wildman–Crippen MR) is 103 cm³/mol. The van der Waals surface area contributed by atoms with Crippen molar-refractivity contribution < 1.29 is 23.8 Å². The summed E-state index contributed by atoms with van der Waals surface area (Å²) in [6, 6.07) is 12.6. The summed E-state index contributed by atoms with van der Waals surface area (Å²) >= 11 is 5.96. The molecular formula is C21H17ClO6. The van der Waals surface area contributed by atoms with E-state index in [1.807, 2.05) is 0 Å². The summed E-state index contributed by atoms with van der Waals surface area (Å²) in [6.45, 7) is 3.37. The van der Waals surface area contributed by atoms with Crippen molar-refractivity contribution in [1.29, 1.82) is 0 Å². The average molecular weight is 401 g/mol. The zero-order chi connectivity index (χ0) is 20.1. The number of carbonyl (C=O) groups is 1. The van der Waals surface area contributed by atoms with Gasteiger partial charge in [0.15, 0.2) is 6.10 Å². The number of esters is 1. The van der Waals surface area contributed by atoms with Crippen molar-refractivity contribution in [2.24, 2.45) is 0 Å². The molecule has 0 aliphatic carbocycles. The van der Waals surface area contributed by atoms with Crippen LogP contribution < -0.4 is 10.4 Å². The number of rotatable bonds is 2. The van der Waals surface area contributed by atoms with Gasteiger partial charge in [0.1, 0.15) is 23.0 Å². The lowest BCUT2D eigenvalue weighted by molar-refractivity contribution is -0.116. The van der Waals surface area contributed by atoms with Crippen LogP contribution in [0.25, 0.3) is 11.0 Å². The van der Waals surface area contributed by atoms with Crippen LogP contribution >= 0.6 is 11.6 Å². The summed E-state index contributed by atoms with van der Waals surface area (Å²) in [5.74, 6) is -0.286. The molecule has 28 heavy (non-hydrogen) atoms. The van der Waals surface area contributed by atoms with E-state index in [0.717, 1.165) is 0 Å². The SMILES string of the molecule is CC1(C)Oc2ccc3ccc(=O)oc3c2[C@@H](OC(=O)c2cccc(Cl)c2)[C@@H]1O. The Labute approximate surface area is 165 Å². The lowest BCUT2D eigenvalue weighted by Gasteiger charge is -2.41. The van der Waals surface area contributed by atoms with Crippen LogP contribution in [0.2, 0.25) is 5.02 Å². The summed E-state index contributed by atoms with van der Waals surface area (Å²) in [5.41, 5.74) is -0.817. The van der Waals surface area contributed by atoms with Gasteiger partial charge in [0, 0.05) is 16.5 Å². The van der Waals surface area contributed by atoms with E-state index < -0.39 is 29.4 Å². The molecule has 0 unspecified atom stereocenters. The fourth-order valence-electron chi connectivity index (χ4n) is 3.28. The molecule has 0 spiro atoms. The van der Waals surface area contributed by atoms with Crippen LogP contribution in [0.5, 0.6) is 5.75 Å². The molecule has 0 radical (unpaired) electrons. The molecule has 1 aliphatic heterocycles. The maximum atomic E-state index is 12.7. The molecular weight excluding hydrogens is 384 g/mol. The highest BCUT2D eigenvalue weighted by molar-refractivity contribution is 6.30. The third-order valence-electron chi connectivity index (χ3n) is 4.74. The van der Waals surface area contributed by atoms with Crippen molar-refractivity contribution >= 4 is 28.5 Å². The van der Waals surface area contributed by atoms with Crippen molar-refractivity contribution in [2.75, 3.05) is 0 Å². The lowest BCUT2D eigenvalue weighted by atomic mass is 9.87. The second kappa shape index (κ2) is 6.65. The van der Waals surface area contributed by atoms with Gasteiger partial charge in [-0.05, 0) is 50.2 Å². The molecule has 0 bridgehead atoms. The lowest BCUT2D eigenvalue weighted by Crippen LogP contribution is -2.50. The van der Waals surface area contributed by atoms with E-state index in [9.17, 15) is 14.7 Å². The molecule has 144 valence electrons. The number of aliphatic hydroxyl groups is 1. The van der Waals surface area contributed by atoms with Gasteiger partial charge in [0.25, 0.3) is 0 Å². The van der Waals surface area contributed by atoms with Crippen LogP contribution in [0.1, 0.15) is 35.9 Å². The van der Waals surface area contributed by atoms with Gasteiger partial charge in [-0.15, -0.1) is 0 Å². The number of benzene rings is 2. The van der Waals surface area contributed by atoms with E-state index in [1.54, 1.807) is 50.2 Å². The highest BCUT2D eigenvalue weighted by Crippen LogP contribution is 2.45. The highest BCUT2D eigenvalue weighted by atomic mass is 35.5. The third kappa shape index (κ3) is 3.15. The first kappa shape index (κ1) is 18.5. The first-order chi connectivity index (χ1) is 13.3. The molecule has 1 aliphatic rings. The van der Waals surface area contributed by atoms with Crippen LogP contribution in [0.15, 0.2) is 57.7 Å². The summed E-state index contributed by atoms with van der Waals surface area (Å²) in [4.78, 5) is 24.5. The van der Waals surface area contributed by atoms with E-state index in [0.29, 0.717) is 21.7 Å². The minimum atomic E-state index is -1.20. The van der Waals surface area contributed by atoms with Gasteiger partial charge in [-0.3, -0.25) is 0 Å². The Morgan fingerprint density at radius 1 is 1.18 bits per heavy atom. The molecule has 0 fully saturated rings. The maximum absolute atomic E-state index is 12.7. The largest absolute Gasteiger partial charge is 0.484 e. The molecule has 6 nitrogen and oxygen atoms in total. The normalized spacial score (nSPS) is 20.3. The standard InChI is InChI=1S/C21H17ClO6/c1-21(2)19(24)18(27-20(25)12-4-3-5-13(22)10-12)16-14(28-21)8-6-11-7-9-15(23)26-17(11)16/h3-10,18-19,24H,1-2H3/t18-,19+/m1/s1. The quantitative estimate of drug-likeness (QED) is 0.519. The van der Waals surface area contributed by atoms with Crippen LogP contribution in [0, 0.1) is 0 Å². The number of fused-ring (bicyclic) bond motifs is 3. The molecule has 0 amide bonds. The summed E-state index contributed by atoms with van der Waals surface area (Å²) in [7, 11) is 0. The molecule has 0 saturated heterocycles. The fraction of sp³-hybridized carbons (Fsp3) is 0.238. The minimum Gasteiger partial charge on any atom is -0.484 e. The van der Waals surface area contributed by atoms with Gasteiger partial charge >= 0.3 is 11.6 Å². The van der Waals surface area contributed by atoms with Crippen molar-refractivity contribution in [1.82, 2.24) is 0 Å². The van der Waals surface area contributed by atoms with Gasteiger partial charge in [0.05, 0.1) is 11.1 Å². The van der Waals surface area contributed by atoms with E-state index in [1.165, 1.54) is 12.1 Å². The molecule has 0 saturated carbocycles. The monoisotopic (exact) mass is 400 g/mol. The fourth-order valence-corrected chi connectivity index (χ4v) is 3.47. The summed E-state index contributed by atoms with van der Waals surface area (Å²) in [6.07, 6.45) is -2.29. The second-order valence-electron chi connectivity index (χ2n) is 7.14. The first-order valence-electron chi connectivity index (χ1n) is 8.67. The maximum Gasteiger partial charge on any atom is 0.338 e. The van der Waals surface area contributed by atoms with Crippen molar-refractivity contribution in [3.63, 3.8) is 0 Å². The molecule has 1 N–H and O–H groups in total. The zero-order valence-electron chi connectivity index (χ0n) is 15.1. The van der Waals surface area contributed by atoms with Crippen molar-refractivity contribution in [2.45, 2.75) is 31.7 Å². The van der Waals surface area contributed by atoms with Gasteiger partial charge in [-0.2, -0.15) is 0 Å². The number of aliphatic hydroxyl groups excluding tert-OH is 1. The Bertz CT molecular complexity index is 1130. The van der Waals surface area contributed by atoms with Gasteiger partial charge in [-0.1, -0.05) is 17.7 Å². The van der Waals surface area contributed by atoms with Crippen LogP contribution in [-0.2, 0) is 4.74 Å². The molecule has 3 aromatic rings. The van der Waals surface area contributed by atoms with Gasteiger partial charge < -0.3 is 19.0 Å². The molecule has 1 aromatic heterocycles. The summed E-state index contributed by atoms with van der Waals surface area (Å²) < 4.78 is 16.9. The average Bonchev–Trinajstić information content (AvgIpc) is 2.64. The Kier molecular flexibility index (Phi) is 4.40. The first-order valence-corrected chi connectivity index (χ1v) is 9.04. The topological polar surface area (TPSA) is 86.0 Å². The van der Waals surface area contributed by atoms with Crippen LogP contribution in [-0.4, -0.2) is 22.8 Å². The van der Waals surface area contributed by atoms with Gasteiger partial charge in [0.2, 0.25) is 0 Å². The Morgan fingerprint density at radius 3 is 2.68 bits per heavy atom. The van der Waals surface area contributed by atoms with Crippen molar-refractivity contribution in [3.8, 4) is 5.75 Å². The number of hydrogen-bond acceptors (Lipinski definition) is 6. The molecule has 4 rings (SSSR count). The van der Waals surface area contributed by atoms with E-state index in [-0.39, 0.29) is 11.1 Å². The Balaban J connectivity index is 1.85. The smallest absolute Gasteiger partial charge is 0.338 e. The third-order valence-corrected chi connectivity index (χ3v) is 4.97. The number of ether oxygens (including phenoxy) is 2. The molecule has 2 heterocycles. The van der Waals surface area contributed by atoms with Crippen molar-refractivity contribution in [3.05, 3.63) is 75.1 Å². The highest BCUT2D eigenvalue weighted by Gasteiger charge is 2.46. The second-order valence-corrected chi connectivity index (χ2v) is 7.57. The molecule has 7 heteroatoms. The Hall–Kier alpha value is -2.83. The van der Waals surface area contributed by atoms with Crippen LogP contribution in [0.4, 0.5) is 0 Å². The van der Waals surface area contributed by atoms with Gasteiger partial charge in [-0.25, -0.2) is 9.59 Å². The zero-order valence-corrected chi connectivity index (χ0v) is 15.9. The predicted octanol–water partition coefficient (Wildman–Crippen LogP) is 3.88. The number of carbonyl (C=O) groups excluding carboxylic acids is 1. The number of hydrogen-bond donors (Lipinski definition) is 1.